The van der Waals surface area contributed by atoms with Crippen LogP contribution in [0.2, 0.25) is 0 Å². The predicted molar refractivity (Wildman–Crippen MR) is 106 cm³/mol. The normalized spacial score (nSPS) is 18.5. The average molecular weight is 440 g/mol. The summed E-state index contributed by atoms with van der Waals surface area (Å²) in [6, 6.07) is 10.9. The lowest BCUT2D eigenvalue weighted by Gasteiger charge is -2.23. The Labute approximate surface area is 155 Å². The van der Waals surface area contributed by atoms with Crippen LogP contribution in [-0.4, -0.2) is 42.6 Å². The Bertz CT molecular complexity index is 326. The molecule has 2 rings (SSSR count). The Morgan fingerprint density at radius 2 is 1.57 bits per heavy atom. The predicted octanol–water partition coefficient (Wildman–Crippen LogP) is 4.15. The van der Waals surface area contributed by atoms with E-state index in [0.717, 1.165) is 13.1 Å². The molecule has 1 aliphatic rings. The van der Waals surface area contributed by atoms with Gasteiger partial charge in [-0.1, -0.05) is 30.3 Å². The van der Waals surface area contributed by atoms with Crippen LogP contribution in [0.1, 0.15) is 24.8 Å². The molecule has 0 amide bonds. The van der Waals surface area contributed by atoms with Gasteiger partial charge in [0.05, 0.1) is 0 Å². The lowest BCUT2D eigenvalue weighted by Crippen LogP contribution is -2.29. The monoisotopic (exact) mass is 438 g/mol. The summed E-state index contributed by atoms with van der Waals surface area (Å²) in [7, 11) is 0. The van der Waals surface area contributed by atoms with Gasteiger partial charge in [0.2, 0.25) is 0 Å². The number of nitrogens with zero attached hydrogens (tertiary/aromatic N) is 1. The van der Waals surface area contributed by atoms with Crippen molar-refractivity contribution in [1.82, 2.24) is 10.2 Å². The van der Waals surface area contributed by atoms with Gasteiger partial charge in [0.25, 0.3) is 0 Å². The third kappa shape index (κ3) is 9.95. The summed E-state index contributed by atoms with van der Waals surface area (Å²) < 4.78 is 0. The summed E-state index contributed by atoms with van der Waals surface area (Å²) in [5.74, 6) is 2.62. The fourth-order valence-electron chi connectivity index (χ4n) is 2.46. The number of halogens is 2. The Balaban J connectivity index is 0.00000200. The Kier molecular flexibility index (Phi) is 14.4. The summed E-state index contributed by atoms with van der Waals surface area (Å²) in [6.07, 6.45) is 3.91. The zero-order valence-electron chi connectivity index (χ0n) is 12.6. The standard InChI is InChI=1S/C16H26N2S.2BrH/c1-2-7-16(8-3-1)15-18-11-4-9-17-10-5-13-19-14-6-12-18;;/h1-3,7-8,17H,4-6,9-15H2;2*1H. The van der Waals surface area contributed by atoms with Crippen molar-refractivity contribution in [2.24, 2.45) is 0 Å². The summed E-state index contributed by atoms with van der Waals surface area (Å²) >= 11 is 2.11. The van der Waals surface area contributed by atoms with Gasteiger partial charge < -0.3 is 5.32 Å². The summed E-state index contributed by atoms with van der Waals surface area (Å²) in [5, 5.41) is 3.55. The quantitative estimate of drug-likeness (QED) is 0.744. The molecule has 0 bridgehead atoms. The molecule has 1 aromatic rings. The topological polar surface area (TPSA) is 15.3 Å². The van der Waals surface area contributed by atoms with Gasteiger partial charge in [0.1, 0.15) is 0 Å². The first-order chi connectivity index (χ1) is 9.45. The van der Waals surface area contributed by atoms with E-state index in [1.807, 2.05) is 0 Å². The van der Waals surface area contributed by atoms with E-state index < -0.39 is 0 Å². The third-order valence-corrected chi connectivity index (χ3v) is 4.64. The van der Waals surface area contributed by atoms with E-state index >= 15 is 0 Å². The van der Waals surface area contributed by atoms with Gasteiger partial charge in [-0.3, -0.25) is 4.90 Å². The van der Waals surface area contributed by atoms with Crippen LogP contribution in [0.5, 0.6) is 0 Å². The molecule has 0 atom stereocenters. The fraction of sp³-hybridized carbons (Fsp3) is 0.625. The van der Waals surface area contributed by atoms with Crippen molar-refractivity contribution < 1.29 is 0 Å². The van der Waals surface area contributed by atoms with Crippen molar-refractivity contribution in [2.45, 2.75) is 25.8 Å². The number of rotatable bonds is 2. The maximum atomic E-state index is 3.55. The zero-order valence-corrected chi connectivity index (χ0v) is 16.9. The van der Waals surface area contributed by atoms with Crippen molar-refractivity contribution in [1.29, 1.82) is 0 Å². The molecule has 0 aromatic heterocycles. The maximum Gasteiger partial charge on any atom is 0.0233 e. The highest BCUT2D eigenvalue weighted by Gasteiger charge is 2.06. The molecular formula is C16H28Br2N2S. The molecule has 21 heavy (non-hydrogen) atoms. The van der Waals surface area contributed by atoms with Crippen LogP contribution in [-0.2, 0) is 6.54 Å². The van der Waals surface area contributed by atoms with Gasteiger partial charge in [-0.05, 0) is 62.5 Å². The number of hydrogen-bond acceptors (Lipinski definition) is 3. The molecular weight excluding hydrogens is 412 g/mol. The van der Waals surface area contributed by atoms with Crippen LogP contribution in [0.25, 0.3) is 0 Å². The van der Waals surface area contributed by atoms with Crippen molar-refractivity contribution in [3.05, 3.63) is 35.9 Å². The molecule has 122 valence electrons. The Hall–Kier alpha value is 0.450. The van der Waals surface area contributed by atoms with Gasteiger partial charge in [0, 0.05) is 6.54 Å². The van der Waals surface area contributed by atoms with Crippen LogP contribution in [0.4, 0.5) is 0 Å². The molecule has 1 N–H and O–H groups in total. The maximum absolute atomic E-state index is 3.55. The van der Waals surface area contributed by atoms with Crippen LogP contribution < -0.4 is 5.32 Å². The van der Waals surface area contributed by atoms with Crippen LogP contribution in [0.3, 0.4) is 0 Å². The molecule has 1 aliphatic heterocycles. The van der Waals surface area contributed by atoms with E-state index in [1.165, 1.54) is 56.0 Å². The summed E-state index contributed by atoms with van der Waals surface area (Å²) in [5.41, 5.74) is 1.44. The molecule has 5 heteroatoms. The Morgan fingerprint density at radius 3 is 2.38 bits per heavy atom. The lowest BCUT2D eigenvalue weighted by molar-refractivity contribution is 0.262. The average Bonchev–Trinajstić information content (AvgIpc) is 2.43. The minimum Gasteiger partial charge on any atom is -0.317 e. The molecule has 0 radical (unpaired) electrons. The molecule has 0 saturated carbocycles. The molecule has 1 aromatic carbocycles. The van der Waals surface area contributed by atoms with Gasteiger partial charge in [0.15, 0.2) is 0 Å². The zero-order chi connectivity index (χ0) is 13.2. The van der Waals surface area contributed by atoms with Gasteiger partial charge in [-0.2, -0.15) is 11.8 Å². The van der Waals surface area contributed by atoms with Gasteiger partial charge >= 0.3 is 0 Å². The van der Waals surface area contributed by atoms with Gasteiger partial charge in [-0.15, -0.1) is 34.0 Å². The second-order valence-corrected chi connectivity index (χ2v) is 6.41. The van der Waals surface area contributed by atoms with E-state index in [2.05, 4.69) is 52.3 Å². The van der Waals surface area contributed by atoms with Crippen molar-refractivity contribution in [3.8, 4) is 0 Å². The SMILES string of the molecule is Br.Br.c1ccc(CN2CCCNCCCSCCC2)cc1. The summed E-state index contributed by atoms with van der Waals surface area (Å²) in [6.45, 7) is 5.90. The van der Waals surface area contributed by atoms with E-state index in [1.54, 1.807) is 0 Å². The van der Waals surface area contributed by atoms with E-state index in [4.69, 9.17) is 0 Å². The molecule has 1 fully saturated rings. The highest BCUT2D eigenvalue weighted by atomic mass is 79.9. The smallest absolute Gasteiger partial charge is 0.0233 e. The highest BCUT2D eigenvalue weighted by molar-refractivity contribution is 8.93. The summed E-state index contributed by atoms with van der Waals surface area (Å²) in [4.78, 5) is 2.61. The van der Waals surface area contributed by atoms with Gasteiger partial charge in [-0.25, -0.2) is 0 Å². The number of nitrogens with one attached hydrogen (secondary N) is 1. The molecule has 1 heterocycles. The molecule has 0 unspecified atom stereocenters. The number of hydrogen-bond donors (Lipinski definition) is 1. The van der Waals surface area contributed by atoms with Crippen LogP contribution in [0, 0.1) is 0 Å². The second kappa shape index (κ2) is 14.1. The van der Waals surface area contributed by atoms with Crippen LogP contribution >= 0.6 is 45.7 Å². The van der Waals surface area contributed by atoms with Crippen LogP contribution in [0.15, 0.2) is 30.3 Å². The first kappa shape index (κ1) is 21.4. The molecule has 2 nitrogen and oxygen atoms in total. The first-order valence-electron chi connectivity index (χ1n) is 7.50. The largest absolute Gasteiger partial charge is 0.317 e. The van der Waals surface area contributed by atoms with E-state index in [-0.39, 0.29) is 34.0 Å². The van der Waals surface area contributed by atoms with Crippen molar-refractivity contribution >= 4 is 45.7 Å². The highest BCUT2D eigenvalue weighted by Crippen LogP contribution is 2.09. The third-order valence-electron chi connectivity index (χ3n) is 3.48. The minimum atomic E-state index is 0. The molecule has 0 spiro atoms. The molecule has 0 aliphatic carbocycles. The number of benzene rings is 1. The Morgan fingerprint density at radius 1 is 0.905 bits per heavy atom. The van der Waals surface area contributed by atoms with E-state index in [9.17, 15) is 0 Å². The lowest BCUT2D eigenvalue weighted by atomic mass is 10.2. The minimum absolute atomic E-state index is 0. The fourth-order valence-corrected chi connectivity index (χ4v) is 3.34. The van der Waals surface area contributed by atoms with Crippen molar-refractivity contribution in [3.63, 3.8) is 0 Å². The van der Waals surface area contributed by atoms with E-state index in [0.29, 0.717) is 0 Å². The van der Waals surface area contributed by atoms with Crippen molar-refractivity contribution in [2.75, 3.05) is 37.7 Å². The first-order valence-corrected chi connectivity index (χ1v) is 8.65. The molecule has 1 saturated heterocycles. The number of thioether (sulfide) groups is 1. The second-order valence-electron chi connectivity index (χ2n) is 5.18.